The topological polar surface area (TPSA) is 24.9 Å². The van der Waals surface area contributed by atoms with Gasteiger partial charge in [0.15, 0.2) is 0 Å². The monoisotopic (exact) mass is 280 g/mol. The van der Waals surface area contributed by atoms with Crippen LogP contribution in [0, 0.1) is 6.92 Å². The molecule has 1 aromatic carbocycles. The van der Waals surface area contributed by atoms with E-state index in [-0.39, 0.29) is 0 Å². The fraction of sp³-hybridized carbons (Fsp3) is 0.357. The Bertz CT molecular complexity index is 510. The third-order valence-corrected chi connectivity index (χ3v) is 3.87. The Labute approximate surface area is 117 Å². The van der Waals surface area contributed by atoms with Gasteiger partial charge in [0.1, 0.15) is 0 Å². The molecule has 0 aliphatic carbocycles. The molecule has 4 heteroatoms. The van der Waals surface area contributed by atoms with Crippen LogP contribution in [0.1, 0.15) is 22.4 Å². The maximum atomic E-state index is 5.98. The quantitative estimate of drug-likeness (QED) is 0.900. The summed E-state index contributed by atoms with van der Waals surface area (Å²) in [6.07, 6.45) is 2.93. The van der Waals surface area contributed by atoms with Crippen LogP contribution >= 0.6 is 22.9 Å². The lowest BCUT2D eigenvalue weighted by molar-refractivity contribution is 0.548. The van der Waals surface area contributed by atoms with Crippen LogP contribution in [0.5, 0.6) is 0 Å². The Morgan fingerprint density at radius 2 is 2.28 bits per heavy atom. The van der Waals surface area contributed by atoms with Crippen molar-refractivity contribution in [1.82, 2.24) is 10.3 Å². The van der Waals surface area contributed by atoms with Gasteiger partial charge in [0.05, 0.1) is 5.01 Å². The van der Waals surface area contributed by atoms with Crippen LogP contribution in [0.3, 0.4) is 0 Å². The van der Waals surface area contributed by atoms with Crippen LogP contribution in [0.25, 0.3) is 0 Å². The Kier molecular flexibility index (Phi) is 4.75. The lowest BCUT2D eigenvalue weighted by Gasteiger charge is -2.13. The number of benzene rings is 1. The predicted molar refractivity (Wildman–Crippen MR) is 78.3 cm³/mol. The van der Waals surface area contributed by atoms with Crippen molar-refractivity contribution in [3.05, 3.63) is 50.9 Å². The molecule has 18 heavy (non-hydrogen) atoms. The third kappa shape index (κ3) is 4.09. The largest absolute Gasteiger partial charge is 0.309 e. The van der Waals surface area contributed by atoms with E-state index in [0.29, 0.717) is 6.04 Å². The molecule has 0 saturated heterocycles. The van der Waals surface area contributed by atoms with Crippen molar-refractivity contribution in [2.45, 2.75) is 32.9 Å². The number of halogens is 1. The number of hydrogen-bond donors (Lipinski definition) is 1. The van der Waals surface area contributed by atoms with Crippen LogP contribution < -0.4 is 5.32 Å². The summed E-state index contributed by atoms with van der Waals surface area (Å²) in [5.74, 6) is 0. The fourth-order valence-electron chi connectivity index (χ4n) is 1.85. The number of nitrogens with one attached hydrogen (secondary N) is 1. The van der Waals surface area contributed by atoms with Gasteiger partial charge in [-0.25, -0.2) is 4.98 Å². The van der Waals surface area contributed by atoms with E-state index in [4.69, 9.17) is 11.6 Å². The SMILES string of the molecule is Cc1ncc(CNC(C)Cc2cccc(Cl)c2)s1. The molecule has 1 aromatic heterocycles. The zero-order chi connectivity index (χ0) is 13.0. The molecule has 0 fully saturated rings. The highest BCUT2D eigenvalue weighted by Crippen LogP contribution is 2.14. The van der Waals surface area contributed by atoms with Gasteiger partial charge in [0.25, 0.3) is 0 Å². The van der Waals surface area contributed by atoms with Gasteiger partial charge in [-0.2, -0.15) is 0 Å². The summed E-state index contributed by atoms with van der Waals surface area (Å²) in [6.45, 7) is 5.10. The first-order valence-corrected chi connectivity index (χ1v) is 7.22. The van der Waals surface area contributed by atoms with Crippen molar-refractivity contribution in [2.75, 3.05) is 0 Å². The molecule has 0 aliphatic rings. The molecule has 2 rings (SSSR count). The van der Waals surface area contributed by atoms with Crippen LogP contribution in [-0.2, 0) is 13.0 Å². The molecule has 2 aromatic rings. The molecular formula is C14H17ClN2S. The summed E-state index contributed by atoms with van der Waals surface area (Å²) in [5, 5.41) is 5.43. The van der Waals surface area contributed by atoms with Crippen LogP contribution in [0.15, 0.2) is 30.5 Å². The van der Waals surface area contributed by atoms with Crippen molar-refractivity contribution >= 4 is 22.9 Å². The van der Waals surface area contributed by atoms with E-state index in [2.05, 4.69) is 23.3 Å². The zero-order valence-corrected chi connectivity index (χ0v) is 12.2. The highest BCUT2D eigenvalue weighted by Gasteiger charge is 2.05. The predicted octanol–water partition coefficient (Wildman–Crippen LogP) is 3.83. The maximum absolute atomic E-state index is 5.98. The number of thiazole rings is 1. The summed E-state index contributed by atoms with van der Waals surface area (Å²) in [6, 6.07) is 8.46. The minimum Gasteiger partial charge on any atom is -0.309 e. The van der Waals surface area contributed by atoms with E-state index < -0.39 is 0 Å². The average molecular weight is 281 g/mol. The van der Waals surface area contributed by atoms with Crippen molar-refractivity contribution in [3.8, 4) is 0 Å². The lowest BCUT2D eigenvalue weighted by Crippen LogP contribution is -2.27. The minimum atomic E-state index is 0.422. The average Bonchev–Trinajstić information content (AvgIpc) is 2.73. The minimum absolute atomic E-state index is 0.422. The second kappa shape index (κ2) is 6.32. The molecule has 0 spiro atoms. The molecule has 1 unspecified atom stereocenters. The van der Waals surface area contributed by atoms with Crippen molar-refractivity contribution in [2.24, 2.45) is 0 Å². The maximum Gasteiger partial charge on any atom is 0.0897 e. The van der Waals surface area contributed by atoms with E-state index in [1.165, 1.54) is 10.4 Å². The molecule has 1 atom stereocenters. The van der Waals surface area contributed by atoms with Gasteiger partial charge in [0.2, 0.25) is 0 Å². The first-order valence-electron chi connectivity index (χ1n) is 6.02. The van der Waals surface area contributed by atoms with Gasteiger partial charge in [-0.15, -0.1) is 11.3 Å². The van der Waals surface area contributed by atoms with Gasteiger partial charge in [-0.1, -0.05) is 23.7 Å². The first-order chi connectivity index (χ1) is 8.63. The van der Waals surface area contributed by atoms with Crippen molar-refractivity contribution in [3.63, 3.8) is 0 Å². The van der Waals surface area contributed by atoms with Gasteiger partial charge in [-0.05, 0) is 38.0 Å². The van der Waals surface area contributed by atoms with Gasteiger partial charge >= 0.3 is 0 Å². The van der Waals surface area contributed by atoms with Crippen LogP contribution in [0.2, 0.25) is 5.02 Å². The van der Waals surface area contributed by atoms with E-state index in [9.17, 15) is 0 Å². The standard InChI is InChI=1S/C14H17ClN2S/c1-10(6-12-4-3-5-13(15)7-12)16-8-14-9-17-11(2)18-14/h3-5,7,9-10,16H,6,8H2,1-2H3. The molecule has 1 N–H and O–H groups in total. The van der Waals surface area contributed by atoms with E-state index >= 15 is 0 Å². The number of aromatic nitrogens is 1. The number of rotatable bonds is 5. The van der Waals surface area contributed by atoms with Crippen LogP contribution in [-0.4, -0.2) is 11.0 Å². The normalized spacial score (nSPS) is 12.6. The third-order valence-electron chi connectivity index (χ3n) is 2.72. The van der Waals surface area contributed by atoms with Crippen molar-refractivity contribution < 1.29 is 0 Å². The summed E-state index contributed by atoms with van der Waals surface area (Å²) >= 11 is 7.72. The molecule has 0 saturated carbocycles. The molecule has 0 amide bonds. The van der Waals surface area contributed by atoms with Crippen LogP contribution in [0.4, 0.5) is 0 Å². The van der Waals surface area contributed by atoms with Crippen molar-refractivity contribution in [1.29, 1.82) is 0 Å². The summed E-state index contributed by atoms with van der Waals surface area (Å²) in [5.41, 5.74) is 1.27. The second-order valence-electron chi connectivity index (χ2n) is 4.46. The molecule has 0 bridgehead atoms. The summed E-state index contributed by atoms with van der Waals surface area (Å²) < 4.78 is 0. The summed E-state index contributed by atoms with van der Waals surface area (Å²) in [7, 11) is 0. The highest BCUT2D eigenvalue weighted by atomic mass is 35.5. The second-order valence-corrected chi connectivity index (χ2v) is 6.22. The number of aryl methyl sites for hydroxylation is 1. The Morgan fingerprint density at radius 1 is 1.44 bits per heavy atom. The lowest BCUT2D eigenvalue weighted by atomic mass is 10.1. The summed E-state index contributed by atoms with van der Waals surface area (Å²) in [4.78, 5) is 5.53. The molecule has 0 radical (unpaired) electrons. The Morgan fingerprint density at radius 3 is 2.94 bits per heavy atom. The van der Waals surface area contributed by atoms with E-state index in [0.717, 1.165) is 23.0 Å². The Hall–Kier alpha value is -0.900. The molecular weight excluding hydrogens is 264 g/mol. The van der Waals surface area contributed by atoms with Gasteiger partial charge < -0.3 is 5.32 Å². The number of hydrogen-bond acceptors (Lipinski definition) is 3. The zero-order valence-electron chi connectivity index (χ0n) is 10.6. The molecule has 96 valence electrons. The van der Waals surface area contributed by atoms with E-state index in [1.807, 2.05) is 31.3 Å². The Balaban J connectivity index is 1.83. The molecule has 2 nitrogen and oxygen atoms in total. The highest BCUT2D eigenvalue weighted by molar-refractivity contribution is 7.11. The smallest absolute Gasteiger partial charge is 0.0897 e. The van der Waals surface area contributed by atoms with E-state index in [1.54, 1.807) is 11.3 Å². The van der Waals surface area contributed by atoms with Gasteiger partial charge in [0, 0.05) is 28.7 Å². The number of nitrogens with zero attached hydrogens (tertiary/aromatic N) is 1. The fourth-order valence-corrected chi connectivity index (χ4v) is 2.81. The molecule has 0 aliphatic heterocycles. The van der Waals surface area contributed by atoms with Gasteiger partial charge in [-0.3, -0.25) is 0 Å². The first kappa shape index (κ1) is 13.5. The molecule has 1 heterocycles.